The predicted octanol–water partition coefficient (Wildman–Crippen LogP) is 4.19. The van der Waals surface area contributed by atoms with E-state index in [2.05, 4.69) is 4.98 Å². The molecule has 0 atom stereocenters. The van der Waals surface area contributed by atoms with Gasteiger partial charge in [-0.15, -0.1) is 0 Å². The summed E-state index contributed by atoms with van der Waals surface area (Å²) in [7, 11) is 0. The monoisotopic (exact) mass is 299 g/mol. The molecule has 21 heavy (non-hydrogen) atoms. The van der Waals surface area contributed by atoms with E-state index >= 15 is 0 Å². The lowest BCUT2D eigenvalue weighted by Crippen LogP contribution is -2.07. The molecule has 1 aromatic heterocycles. The van der Waals surface area contributed by atoms with Gasteiger partial charge >= 0.3 is 6.18 Å². The highest BCUT2D eigenvalue weighted by Crippen LogP contribution is 2.44. The summed E-state index contributed by atoms with van der Waals surface area (Å²) in [6.07, 6.45) is -2.64. The zero-order chi connectivity index (χ0) is 15.2. The van der Waals surface area contributed by atoms with Crippen molar-refractivity contribution in [2.24, 2.45) is 0 Å². The van der Waals surface area contributed by atoms with Crippen LogP contribution in [-0.4, -0.2) is 11.3 Å². The number of alkyl halides is 3. The summed E-state index contributed by atoms with van der Waals surface area (Å²) in [6.45, 7) is 0. The van der Waals surface area contributed by atoms with Crippen molar-refractivity contribution in [2.75, 3.05) is 0 Å². The van der Waals surface area contributed by atoms with E-state index in [1.54, 1.807) is 0 Å². The molecule has 1 aliphatic carbocycles. The third kappa shape index (κ3) is 2.55. The van der Waals surface area contributed by atoms with Crippen molar-refractivity contribution in [2.45, 2.75) is 24.9 Å². The van der Waals surface area contributed by atoms with Crippen LogP contribution in [-0.2, 0) is 6.18 Å². The van der Waals surface area contributed by atoms with Gasteiger partial charge in [-0.3, -0.25) is 4.79 Å². The van der Waals surface area contributed by atoms with Crippen LogP contribution in [0.4, 0.5) is 17.6 Å². The molecule has 3 rings (SSSR count). The van der Waals surface area contributed by atoms with E-state index in [4.69, 9.17) is 4.42 Å². The molecule has 0 spiro atoms. The zero-order valence-electron chi connectivity index (χ0n) is 10.6. The Labute approximate surface area is 116 Å². The summed E-state index contributed by atoms with van der Waals surface area (Å²) < 4.78 is 57.5. The summed E-state index contributed by atoms with van der Waals surface area (Å²) >= 11 is 0. The Balaban J connectivity index is 2.15. The summed E-state index contributed by atoms with van der Waals surface area (Å²) in [5.74, 6) is -0.936. The molecule has 110 valence electrons. The average molecular weight is 299 g/mol. The number of aldehydes is 1. The maximum absolute atomic E-state index is 13.3. The molecule has 1 fully saturated rings. The first-order valence-electron chi connectivity index (χ1n) is 6.23. The number of rotatable bonds is 3. The lowest BCUT2D eigenvalue weighted by atomic mass is 10.1. The third-order valence-corrected chi connectivity index (χ3v) is 3.26. The zero-order valence-corrected chi connectivity index (χ0v) is 10.6. The van der Waals surface area contributed by atoms with Crippen LogP contribution in [0.2, 0.25) is 0 Å². The van der Waals surface area contributed by atoms with Crippen LogP contribution in [0.5, 0.6) is 0 Å². The molecule has 1 heterocycles. The molecule has 0 N–H and O–H groups in total. The van der Waals surface area contributed by atoms with Crippen LogP contribution in [0.15, 0.2) is 22.6 Å². The van der Waals surface area contributed by atoms with Crippen LogP contribution in [0.3, 0.4) is 0 Å². The largest absolute Gasteiger partial charge is 0.440 e. The van der Waals surface area contributed by atoms with Gasteiger partial charge in [0.25, 0.3) is 0 Å². The summed E-state index contributed by atoms with van der Waals surface area (Å²) in [4.78, 5) is 14.7. The second-order valence-electron chi connectivity index (χ2n) is 4.85. The molecule has 0 unspecified atom stereocenters. The SMILES string of the molecule is O=Cc1nc(-c2cc(F)ccc2C(F)(F)F)oc1C1CC1. The molecule has 1 aromatic carbocycles. The fraction of sp³-hybridized carbons (Fsp3) is 0.286. The minimum Gasteiger partial charge on any atom is -0.440 e. The minimum absolute atomic E-state index is 0.00865. The molecule has 7 heteroatoms. The Bertz CT molecular complexity index is 701. The van der Waals surface area contributed by atoms with E-state index in [1.807, 2.05) is 0 Å². The Morgan fingerprint density at radius 2 is 2.00 bits per heavy atom. The summed E-state index contributed by atoms with van der Waals surface area (Å²) in [5.41, 5.74) is -1.58. The molecule has 0 bridgehead atoms. The second kappa shape index (κ2) is 4.68. The minimum atomic E-state index is -4.67. The van der Waals surface area contributed by atoms with Gasteiger partial charge in [-0.1, -0.05) is 0 Å². The van der Waals surface area contributed by atoms with Crippen molar-refractivity contribution in [3.05, 3.63) is 41.0 Å². The summed E-state index contributed by atoms with van der Waals surface area (Å²) in [5, 5.41) is 0. The van der Waals surface area contributed by atoms with Crippen LogP contribution in [0, 0.1) is 5.82 Å². The first-order valence-corrected chi connectivity index (χ1v) is 6.23. The number of hydrogen-bond donors (Lipinski definition) is 0. The fourth-order valence-electron chi connectivity index (χ4n) is 2.12. The topological polar surface area (TPSA) is 43.1 Å². The van der Waals surface area contributed by atoms with Gasteiger partial charge in [0.15, 0.2) is 6.29 Å². The number of halogens is 4. The number of carbonyl (C=O) groups excluding carboxylic acids is 1. The average Bonchev–Trinajstić information content (AvgIpc) is 3.16. The molecular formula is C14H9F4NO2. The van der Waals surface area contributed by atoms with Crippen molar-refractivity contribution >= 4 is 6.29 Å². The maximum Gasteiger partial charge on any atom is 0.417 e. The third-order valence-electron chi connectivity index (χ3n) is 3.26. The number of aromatic nitrogens is 1. The van der Waals surface area contributed by atoms with Gasteiger partial charge in [0.05, 0.1) is 11.1 Å². The van der Waals surface area contributed by atoms with Crippen molar-refractivity contribution in [3.63, 3.8) is 0 Å². The molecule has 2 aromatic rings. The molecular weight excluding hydrogens is 290 g/mol. The smallest absolute Gasteiger partial charge is 0.417 e. The normalized spacial score (nSPS) is 15.2. The van der Waals surface area contributed by atoms with Crippen molar-refractivity contribution in [1.29, 1.82) is 0 Å². The summed E-state index contributed by atoms with van der Waals surface area (Å²) in [6, 6.07) is 2.06. The lowest BCUT2D eigenvalue weighted by Gasteiger charge is -2.10. The van der Waals surface area contributed by atoms with Crippen LogP contribution in [0.1, 0.15) is 40.6 Å². The van der Waals surface area contributed by atoms with Crippen molar-refractivity contribution in [3.8, 4) is 11.5 Å². The van der Waals surface area contributed by atoms with Gasteiger partial charge in [-0.05, 0) is 31.0 Å². The molecule has 0 saturated heterocycles. The standard InChI is InChI=1S/C14H9F4NO2/c15-8-3-4-10(14(16,17)18)9(5-8)13-19-11(6-20)12(21-13)7-1-2-7/h3-7H,1-2H2. The quantitative estimate of drug-likeness (QED) is 0.630. The Hall–Kier alpha value is -2.18. The number of nitrogens with zero attached hydrogens (tertiary/aromatic N) is 1. The molecule has 0 radical (unpaired) electrons. The van der Waals surface area contributed by atoms with Gasteiger partial charge in [0, 0.05) is 5.92 Å². The number of benzene rings is 1. The number of oxazole rings is 1. The highest BCUT2D eigenvalue weighted by atomic mass is 19.4. The molecule has 1 saturated carbocycles. The molecule has 3 nitrogen and oxygen atoms in total. The van der Waals surface area contributed by atoms with Crippen molar-refractivity contribution < 1.29 is 26.8 Å². The first-order chi connectivity index (χ1) is 9.90. The van der Waals surface area contributed by atoms with Crippen molar-refractivity contribution in [1.82, 2.24) is 4.98 Å². The Morgan fingerprint density at radius 1 is 1.29 bits per heavy atom. The van der Waals surface area contributed by atoms with Gasteiger partial charge in [-0.25, -0.2) is 9.37 Å². The number of carbonyl (C=O) groups is 1. The van der Waals surface area contributed by atoms with E-state index in [-0.39, 0.29) is 23.3 Å². The highest BCUT2D eigenvalue weighted by Gasteiger charge is 2.37. The Morgan fingerprint density at radius 3 is 2.57 bits per heavy atom. The van der Waals surface area contributed by atoms with Gasteiger partial charge < -0.3 is 4.42 Å². The van der Waals surface area contributed by atoms with Crippen LogP contribution in [0.25, 0.3) is 11.5 Å². The van der Waals surface area contributed by atoms with E-state index in [9.17, 15) is 22.4 Å². The predicted molar refractivity (Wildman–Crippen MR) is 64.3 cm³/mol. The first kappa shape index (κ1) is 13.8. The van der Waals surface area contributed by atoms with Gasteiger partial charge in [-0.2, -0.15) is 13.2 Å². The lowest BCUT2D eigenvalue weighted by molar-refractivity contribution is -0.137. The highest BCUT2D eigenvalue weighted by molar-refractivity contribution is 5.76. The van der Waals surface area contributed by atoms with E-state index < -0.39 is 23.1 Å². The molecule has 0 aliphatic heterocycles. The van der Waals surface area contributed by atoms with Gasteiger partial charge in [0.2, 0.25) is 5.89 Å². The van der Waals surface area contributed by atoms with E-state index in [0.29, 0.717) is 18.4 Å². The Kier molecular flexibility index (Phi) is 3.07. The van der Waals surface area contributed by atoms with E-state index in [1.165, 1.54) is 0 Å². The van der Waals surface area contributed by atoms with Crippen LogP contribution >= 0.6 is 0 Å². The fourth-order valence-corrected chi connectivity index (χ4v) is 2.12. The van der Waals surface area contributed by atoms with E-state index in [0.717, 1.165) is 18.9 Å². The van der Waals surface area contributed by atoms with Crippen LogP contribution < -0.4 is 0 Å². The second-order valence-corrected chi connectivity index (χ2v) is 4.85. The van der Waals surface area contributed by atoms with Gasteiger partial charge in [0.1, 0.15) is 17.3 Å². The maximum atomic E-state index is 13.3. The molecule has 1 aliphatic rings. The molecule has 0 amide bonds. The number of hydrogen-bond acceptors (Lipinski definition) is 3.